The molecule has 10 nitrogen and oxygen atoms in total. The van der Waals surface area contributed by atoms with Gasteiger partial charge < -0.3 is 29.2 Å². The number of aliphatic hydroxyl groups excluding tert-OH is 2. The van der Waals surface area contributed by atoms with E-state index in [0.717, 1.165) is 6.42 Å². The molecule has 3 rings (SSSR count). The predicted molar refractivity (Wildman–Crippen MR) is 157 cm³/mol. The molecule has 0 aromatic rings. The molecule has 43 heavy (non-hydrogen) atoms. The van der Waals surface area contributed by atoms with E-state index in [1.807, 2.05) is 47.6 Å². The first-order valence-electron chi connectivity index (χ1n) is 15.8. The summed E-state index contributed by atoms with van der Waals surface area (Å²) >= 11 is 0. The van der Waals surface area contributed by atoms with Gasteiger partial charge in [0.15, 0.2) is 6.10 Å². The van der Waals surface area contributed by atoms with E-state index >= 15 is 0 Å². The number of carbonyl (C=O) groups is 4. The second kappa shape index (κ2) is 13.7. The van der Waals surface area contributed by atoms with Crippen molar-refractivity contribution in [2.24, 2.45) is 34.5 Å². The average Bonchev–Trinajstić information content (AvgIpc) is 3.10. The summed E-state index contributed by atoms with van der Waals surface area (Å²) in [5.74, 6) is -3.38. The highest BCUT2D eigenvalue weighted by atomic mass is 16.6. The highest BCUT2D eigenvalue weighted by Crippen LogP contribution is 2.67. The van der Waals surface area contributed by atoms with Crippen LogP contribution in [0.25, 0.3) is 0 Å². The van der Waals surface area contributed by atoms with Crippen LogP contribution in [0.2, 0.25) is 0 Å². The standard InChI is InChI=1S/C33H52O10/c1-10-12-14-24(37)42-28-25(17(3)4)26-21-15-18(5)27(38)29(41-20(7)35)31(43-23(36)13-11-2)32(21,8)16-22(40-19(6)34)33(26,9)30(28)39/h15,17,21-22,25-31,38-39H,10-14,16H2,1-9H3. The molecule has 0 spiro atoms. The zero-order chi connectivity index (χ0) is 32.4. The van der Waals surface area contributed by atoms with Crippen molar-refractivity contribution in [3.8, 4) is 0 Å². The molecule has 0 radical (unpaired) electrons. The molecule has 0 saturated heterocycles. The summed E-state index contributed by atoms with van der Waals surface area (Å²) in [5, 5.41) is 23.5. The van der Waals surface area contributed by atoms with E-state index in [4.69, 9.17) is 18.9 Å². The van der Waals surface area contributed by atoms with Gasteiger partial charge >= 0.3 is 23.9 Å². The molecular weight excluding hydrogens is 556 g/mol. The van der Waals surface area contributed by atoms with Crippen LogP contribution >= 0.6 is 0 Å². The number of carbonyl (C=O) groups excluding carboxylic acids is 4. The zero-order valence-electron chi connectivity index (χ0n) is 27.3. The van der Waals surface area contributed by atoms with E-state index in [2.05, 4.69) is 0 Å². The molecule has 2 saturated carbocycles. The fourth-order valence-electron chi connectivity index (χ4n) is 8.12. The van der Waals surface area contributed by atoms with Gasteiger partial charge in [-0.25, -0.2) is 0 Å². The number of allylic oxidation sites excluding steroid dienone is 1. The van der Waals surface area contributed by atoms with Gasteiger partial charge in [0.25, 0.3) is 0 Å². The lowest BCUT2D eigenvalue weighted by Crippen LogP contribution is -2.63. The Labute approximate surface area is 255 Å². The van der Waals surface area contributed by atoms with Crippen LogP contribution in [0, 0.1) is 34.5 Å². The number of esters is 4. The highest BCUT2D eigenvalue weighted by Gasteiger charge is 2.72. The van der Waals surface area contributed by atoms with Crippen molar-refractivity contribution in [2.75, 3.05) is 0 Å². The first-order valence-corrected chi connectivity index (χ1v) is 15.8. The Morgan fingerprint density at radius 2 is 1.51 bits per heavy atom. The minimum atomic E-state index is -1.27. The fourth-order valence-corrected chi connectivity index (χ4v) is 8.12. The zero-order valence-corrected chi connectivity index (χ0v) is 27.3. The van der Waals surface area contributed by atoms with Gasteiger partial charge in [-0.2, -0.15) is 0 Å². The van der Waals surface area contributed by atoms with Gasteiger partial charge in [-0.05, 0) is 49.5 Å². The molecule has 2 fully saturated rings. The summed E-state index contributed by atoms with van der Waals surface area (Å²) in [5.41, 5.74) is -1.53. The second-order valence-electron chi connectivity index (χ2n) is 13.6. The third-order valence-corrected chi connectivity index (χ3v) is 10.2. The number of hydrogen-bond donors (Lipinski definition) is 2. The Balaban J connectivity index is 2.28. The number of aliphatic hydroxyl groups is 2. The van der Waals surface area contributed by atoms with Gasteiger partial charge in [-0.1, -0.05) is 54.0 Å². The van der Waals surface area contributed by atoms with E-state index in [0.29, 0.717) is 18.4 Å². The van der Waals surface area contributed by atoms with Crippen LogP contribution in [0.4, 0.5) is 0 Å². The quantitative estimate of drug-likeness (QED) is 0.209. The lowest BCUT2D eigenvalue weighted by Gasteiger charge is -2.58. The van der Waals surface area contributed by atoms with Crippen LogP contribution in [0.1, 0.15) is 101 Å². The number of fused-ring (bicyclic) bond motifs is 3. The Bertz CT molecular complexity index is 1080. The van der Waals surface area contributed by atoms with Crippen molar-refractivity contribution >= 4 is 23.9 Å². The molecule has 0 bridgehead atoms. The maximum absolute atomic E-state index is 13.0. The van der Waals surface area contributed by atoms with Crippen molar-refractivity contribution in [2.45, 2.75) is 137 Å². The molecule has 3 aliphatic carbocycles. The molecule has 0 aliphatic heterocycles. The van der Waals surface area contributed by atoms with Crippen molar-refractivity contribution in [3.05, 3.63) is 11.6 Å². The summed E-state index contributed by atoms with van der Waals surface area (Å²) in [6.45, 7) is 15.9. The Morgan fingerprint density at radius 1 is 0.907 bits per heavy atom. The first kappa shape index (κ1) is 35.0. The molecule has 0 aromatic carbocycles. The molecule has 11 unspecified atom stereocenters. The highest BCUT2D eigenvalue weighted by molar-refractivity contribution is 5.70. The minimum absolute atomic E-state index is 0.0713. The molecule has 2 N–H and O–H groups in total. The third kappa shape index (κ3) is 6.65. The van der Waals surface area contributed by atoms with Gasteiger partial charge in [-0.3, -0.25) is 19.2 Å². The molecule has 0 aromatic heterocycles. The van der Waals surface area contributed by atoms with Crippen LogP contribution in [0.5, 0.6) is 0 Å². The van der Waals surface area contributed by atoms with Gasteiger partial charge in [0.2, 0.25) is 0 Å². The lowest BCUT2D eigenvalue weighted by atomic mass is 9.49. The van der Waals surface area contributed by atoms with Gasteiger partial charge in [-0.15, -0.1) is 0 Å². The summed E-state index contributed by atoms with van der Waals surface area (Å²) in [4.78, 5) is 50.8. The van der Waals surface area contributed by atoms with E-state index in [-0.39, 0.29) is 31.1 Å². The molecular formula is C33H52O10. The van der Waals surface area contributed by atoms with Crippen molar-refractivity contribution in [1.29, 1.82) is 0 Å². The summed E-state index contributed by atoms with van der Waals surface area (Å²) in [6.07, 6.45) is -2.01. The summed E-state index contributed by atoms with van der Waals surface area (Å²) in [6, 6.07) is 0. The maximum atomic E-state index is 13.0. The smallest absolute Gasteiger partial charge is 0.306 e. The lowest BCUT2D eigenvalue weighted by molar-refractivity contribution is -0.222. The number of unbranched alkanes of at least 4 members (excludes halogenated alkanes) is 1. The van der Waals surface area contributed by atoms with Gasteiger partial charge in [0.1, 0.15) is 30.5 Å². The van der Waals surface area contributed by atoms with Crippen LogP contribution < -0.4 is 0 Å². The largest absolute Gasteiger partial charge is 0.462 e. The number of hydrogen-bond acceptors (Lipinski definition) is 10. The fraction of sp³-hybridized carbons (Fsp3) is 0.818. The second-order valence-corrected chi connectivity index (χ2v) is 13.6. The Hall–Kier alpha value is -2.46. The van der Waals surface area contributed by atoms with Crippen LogP contribution in [-0.4, -0.2) is 70.7 Å². The van der Waals surface area contributed by atoms with Gasteiger partial charge in [0.05, 0.1) is 0 Å². The summed E-state index contributed by atoms with van der Waals surface area (Å²) < 4.78 is 23.8. The predicted octanol–water partition coefficient (Wildman–Crippen LogP) is 4.28. The van der Waals surface area contributed by atoms with Crippen LogP contribution in [-0.2, 0) is 38.1 Å². The van der Waals surface area contributed by atoms with E-state index in [1.165, 1.54) is 13.8 Å². The van der Waals surface area contributed by atoms with Crippen molar-refractivity contribution in [3.63, 3.8) is 0 Å². The SMILES string of the molecule is CCCCC(=O)OC1C(C(C)C)C2C3C=C(C)C(O)C(OC(C)=O)C(OC(=O)CCC)C3(C)CC(OC(C)=O)C2(C)C1O. The molecule has 11 atom stereocenters. The number of ether oxygens (including phenoxy) is 4. The third-order valence-electron chi connectivity index (χ3n) is 10.2. The Kier molecular flexibility index (Phi) is 11.1. The molecule has 244 valence electrons. The van der Waals surface area contributed by atoms with Crippen molar-refractivity contribution < 1.29 is 48.3 Å². The molecule has 3 aliphatic rings. The first-order chi connectivity index (χ1) is 20.0. The molecule has 0 amide bonds. The van der Waals surface area contributed by atoms with Crippen LogP contribution in [0.3, 0.4) is 0 Å². The van der Waals surface area contributed by atoms with E-state index in [9.17, 15) is 29.4 Å². The van der Waals surface area contributed by atoms with E-state index in [1.54, 1.807) is 6.92 Å². The monoisotopic (exact) mass is 608 g/mol. The Morgan fingerprint density at radius 3 is 2.05 bits per heavy atom. The maximum Gasteiger partial charge on any atom is 0.306 e. The normalized spacial score (nSPS) is 38.7. The van der Waals surface area contributed by atoms with E-state index < -0.39 is 83.2 Å². The molecule has 10 heteroatoms. The van der Waals surface area contributed by atoms with Crippen molar-refractivity contribution in [1.82, 2.24) is 0 Å². The average molecular weight is 609 g/mol. The summed E-state index contributed by atoms with van der Waals surface area (Å²) in [7, 11) is 0. The molecule has 0 heterocycles. The minimum Gasteiger partial charge on any atom is -0.462 e. The topological polar surface area (TPSA) is 146 Å². The van der Waals surface area contributed by atoms with Gasteiger partial charge in [0, 0.05) is 43.4 Å². The number of rotatable bonds is 10. The van der Waals surface area contributed by atoms with Crippen LogP contribution in [0.15, 0.2) is 11.6 Å².